The first kappa shape index (κ1) is 15.2. The molecule has 0 saturated carbocycles. The third kappa shape index (κ3) is 8.02. The molecule has 0 aliphatic rings. The summed E-state index contributed by atoms with van der Waals surface area (Å²) < 4.78 is 4.11. The molecule has 0 fully saturated rings. The van der Waals surface area contributed by atoms with Crippen LogP contribution in [0.3, 0.4) is 0 Å². The van der Waals surface area contributed by atoms with Crippen LogP contribution in [0.1, 0.15) is 37.0 Å². The summed E-state index contributed by atoms with van der Waals surface area (Å²) in [6.45, 7) is 4.02. The Hall–Kier alpha value is -1.84. The zero-order valence-electron chi connectivity index (χ0n) is 10.2. The minimum Gasteiger partial charge on any atom is -0.450 e. The average Bonchev–Trinajstić information content (AvgIpc) is 2.37. The summed E-state index contributed by atoms with van der Waals surface area (Å²) in [6.07, 6.45) is 0.137. The van der Waals surface area contributed by atoms with Crippen molar-refractivity contribution in [3.8, 4) is 0 Å². The summed E-state index contributed by atoms with van der Waals surface area (Å²) in [4.78, 5) is 20.5. The molecule has 0 unspecified atom stereocenters. The first-order chi connectivity index (χ1) is 8.11. The van der Waals surface area contributed by atoms with Gasteiger partial charge in [0.1, 0.15) is 0 Å². The Labute approximate surface area is 101 Å². The topological polar surface area (TPSA) is 63.6 Å². The number of hydrogen-bond acceptors (Lipinski definition) is 3. The molecule has 0 aliphatic carbocycles. The van der Waals surface area contributed by atoms with Crippen LogP contribution in [0.25, 0.3) is 0 Å². The van der Waals surface area contributed by atoms with Gasteiger partial charge < -0.3 is 9.84 Å². The van der Waals surface area contributed by atoms with Crippen LogP contribution < -0.4 is 0 Å². The summed E-state index contributed by atoms with van der Waals surface area (Å²) in [5, 5.41) is 7.82. The number of rotatable bonds is 4. The van der Waals surface area contributed by atoms with E-state index in [9.17, 15) is 9.59 Å². The standard InChI is InChI=1S/C9H10O.C4H8O3/c1-2-9(10)8-6-4-3-5-7-8;1-2-3-7-4(5)6/h3-7H,2H2,1H3;2-3H2,1H3,(H,5,6). The van der Waals surface area contributed by atoms with Crippen molar-refractivity contribution in [3.05, 3.63) is 35.9 Å². The van der Waals surface area contributed by atoms with Crippen molar-refractivity contribution >= 4 is 11.9 Å². The van der Waals surface area contributed by atoms with Crippen molar-refractivity contribution in [1.82, 2.24) is 0 Å². The van der Waals surface area contributed by atoms with Gasteiger partial charge in [-0.1, -0.05) is 44.2 Å². The summed E-state index contributed by atoms with van der Waals surface area (Å²) in [5.74, 6) is 0.209. The number of ether oxygens (including phenoxy) is 1. The number of carbonyl (C=O) groups is 2. The highest BCUT2D eigenvalue weighted by molar-refractivity contribution is 5.95. The second-order valence-electron chi connectivity index (χ2n) is 3.26. The normalized spacial score (nSPS) is 8.82. The van der Waals surface area contributed by atoms with E-state index in [1.165, 1.54) is 0 Å². The summed E-state index contributed by atoms with van der Waals surface area (Å²) >= 11 is 0. The van der Waals surface area contributed by atoms with Crippen LogP contribution in [0.5, 0.6) is 0 Å². The van der Waals surface area contributed by atoms with Gasteiger partial charge in [0.15, 0.2) is 5.78 Å². The molecular weight excluding hydrogens is 220 g/mol. The molecule has 17 heavy (non-hydrogen) atoms. The number of carboxylic acid groups (broad SMARTS) is 1. The van der Waals surface area contributed by atoms with Gasteiger partial charge in [-0.2, -0.15) is 0 Å². The van der Waals surface area contributed by atoms with Crippen LogP contribution in [0.4, 0.5) is 4.79 Å². The van der Waals surface area contributed by atoms with Crippen molar-refractivity contribution in [2.24, 2.45) is 0 Å². The molecule has 0 radical (unpaired) electrons. The predicted molar refractivity (Wildman–Crippen MR) is 65.3 cm³/mol. The largest absolute Gasteiger partial charge is 0.505 e. The molecule has 0 heterocycles. The lowest BCUT2D eigenvalue weighted by atomic mass is 10.1. The molecule has 1 aromatic rings. The number of ketones is 1. The van der Waals surface area contributed by atoms with Crippen molar-refractivity contribution < 1.29 is 19.4 Å². The Morgan fingerprint density at radius 2 is 1.76 bits per heavy atom. The molecule has 1 rings (SSSR count). The zero-order chi connectivity index (χ0) is 13.1. The lowest BCUT2D eigenvalue weighted by Crippen LogP contribution is -1.99. The highest BCUT2D eigenvalue weighted by atomic mass is 16.7. The van der Waals surface area contributed by atoms with Crippen LogP contribution in [0.2, 0.25) is 0 Å². The molecule has 4 nitrogen and oxygen atoms in total. The fourth-order valence-corrected chi connectivity index (χ4v) is 1.02. The number of benzene rings is 1. The van der Waals surface area contributed by atoms with Gasteiger partial charge in [0, 0.05) is 12.0 Å². The highest BCUT2D eigenvalue weighted by Gasteiger charge is 1.98. The maximum absolute atomic E-state index is 11.0. The fourth-order valence-electron chi connectivity index (χ4n) is 1.02. The maximum Gasteiger partial charge on any atom is 0.505 e. The van der Waals surface area contributed by atoms with Gasteiger partial charge in [-0.15, -0.1) is 0 Å². The van der Waals surface area contributed by atoms with E-state index in [-0.39, 0.29) is 5.78 Å². The molecule has 1 N–H and O–H groups in total. The monoisotopic (exact) mass is 238 g/mol. The molecule has 0 atom stereocenters. The fraction of sp³-hybridized carbons (Fsp3) is 0.385. The second-order valence-corrected chi connectivity index (χ2v) is 3.26. The van der Waals surface area contributed by atoms with Crippen LogP contribution in [0.15, 0.2) is 30.3 Å². The van der Waals surface area contributed by atoms with E-state index in [0.29, 0.717) is 13.0 Å². The van der Waals surface area contributed by atoms with E-state index in [1.54, 1.807) is 0 Å². The molecule has 0 aliphatic heterocycles. The van der Waals surface area contributed by atoms with Gasteiger partial charge in [0.2, 0.25) is 0 Å². The van der Waals surface area contributed by atoms with E-state index in [2.05, 4.69) is 4.74 Å². The van der Waals surface area contributed by atoms with Crippen LogP contribution in [-0.2, 0) is 4.74 Å². The third-order valence-corrected chi connectivity index (χ3v) is 1.85. The van der Waals surface area contributed by atoms with Gasteiger partial charge in [-0.25, -0.2) is 4.79 Å². The Bertz CT molecular complexity index is 333. The molecule has 0 aromatic heterocycles. The van der Waals surface area contributed by atoms with E-state index < -0.39 is 6.16 Å². The average molecular weight is 238 g/mol. The van der Waals surface area contributed by atoms with Crippen molar-refractivity contribution in [2.75, 3.05) is 6.61 Å². The Morgan fingerprint density at radius 1 is 1.18 bits per heavy atom. The van der Waals surface area contributed by atoms with Gasteiger partial charge in [-0.3, -0.25) is 4.79 Å². The number of Topliss-reactive ketones (excluding diaryl/α,β-unsaturated/α-hetero) is 1. The summed E-state index contributed by atoms with van der Waals surface area (Å²) in [7, 11) is 0. The summed E-state index contributed by atoms with van der Waals surface area (Å²) in [5.41, 5.74) is 0.810. The molecule has 0 bridgehead atoms. The molecule has 94 valence electrons. The second kappa shape index (κ2) is 9.39. The van der Waals surface area contributed by atoms with E-state index in [0.717, 1.165) is 12.0 Å². The number of hydrogen-bond donors (Lipinski definition) is 1. The van der Waals surface area contributed by atoms with E-state index in [1.807, 2.05) is 44.2 Å². The smallest absolute Gasteiger partial charge is 0.450 e. The maximum atomic E-state index is 11.0. The van der Waals surface area contributed by atoms with E-state index in [4.69, 9.17) is 5.11 Å². The van der Waals surface area contributed by atoms with Crippen molar-refractivity contribution in [3.63, 3.8) is 0 Å². The lowest BCUT2D eigenvalue weighted by molar-refractivity contribution is 0.0916. The van der Waals surface area contributed by atoms with Gasteiger partial charge in [-0.05, 0) is 6.42 Å². The SMILES string of the molecule is CCC(=O)c1ccccc1.CCCOC(=O)O. The van der Waals surface area contributed by atoms with Crippen molar-refractivity contribution in [1.29, 1.82) is 0 Å². The third-order valence-electron chi connectivity index (χ3n) is 1.85. The zero-order valence-corrected chi connectivity index (χ0v) is 10.2. The Morgan fingerprint density at radius 3 is 2.12 bits per heavy atom. The van der Waals surface area contributed by atoms with E-state index >= 15 is 0 Å². The quantitative estimate of drug-likeness (QED) is 0.645. The molecule has 0 spiro atoms. The molecule has 0 saturated heterocycles. The minimum atomic E-state index is -1.19. The highest BCUT2D eigenvalue weighted by Crippen LogP contribution is 2.01. The first-order valence-corrected chi connectivity index (χ1v) is 5.55. The van der Waals surface area contributed by atoms with Gasteiger partial charge in [0.05, 0.1) is 6.61 Å². The lowest BCUT2D eigenvalue weighted by Gasteiger charge is -1.93. The Balaban J connectivity index is 0.000000325. The summed E-state index contributed by atoms with van der Waals surface area (Å²) in [6, 6.07) is 9.34. The molecular formula is C13H18O4. The molecule has 1 aromatic carbocycles. The molecule has 0 amide bonds. The van der Waals surface area contributed by atoms with Crippen LogP contribution in [-0.4, -0.2) is 23.7 Å². The Kier molecular flexibility index (Phi) is 8.37. The molecule has 4 heteroatoms. The minimum absolute atomic E-state index is 0.209. The predicted octanol–water partition coefficient (Wildman–Crippen LogP) is 3.37. The van der Waals surface area contributed by atoms with Crippen LogP contribution >= 0.6 is 0 Å². The van der Waals surface area contributed by atoms with Crippen LogP contribution in [0, 0.1) is 0 Å². The van der Waals surface area contributed by atoms with Gasteiger partial charge in [0.25, 0.3) is 0 Å². The first-order valence-electron chi connectivity index (χ1n) is 5.55. The van der Waals surface area contributed by atoms with Gasteiger partial charge >= 0.3 is 6.16 Å². The van der Waals surface area contributed by atoms with Crippen molar-refractivity contribution in [2.45, 2.75) is 26.7 Å². The number of carbonyl (C=O) groups excluding carboxylic acids is 1.